The fourth-order valence-electron chi connectivity index (χ4n) is 2.46. The van der Waals surface area contributed by atoms with Crippen LogP contribution in [-0.2, 0) is 15.6 Å². The van der Waals surface area contributed by atoms with E-state index in [0.717, 1.165) is 5.56 Å². The van der Waals surface area contributed by atoms with Crippen molar-refractivity contribution >= 4 is 27.5 Å². The van der Waals surface area contributed by atoms with Crippen molar-refractivity contribution in [3.05, 3.63) is 64.7 Å². The van der Waals surface area contributed by atoms with Gasteiger partial charge in [0.25, 0.3) is 0 Å². The summed E-state index contributed by atoms with van der Waals surface area (Å²) in [5.41, 5.74) is 1.56. The molecule has 0 aliphatic carbocycles. The van der Waals surface area contributed by atoms with E-state index < -0.39 is 9.84 Å². The van der Waals surface area contributed by atoms with E-state index in [1.807, 2.05) is 30.3 Å². The molecule has 126 valence electrons. The van der Waals surface area contributed by atoms with Gasteiger partial charge in [-0.25, -0.2) is 8.42 Å². The van der Waals surface area contributed by atoms with E-state index in [1.54, 1.807) is 24.3 Å². The number of ether oxygens (including phenoxy) is 2. The van der Waals surface area contributed by atoms with E-state index in [4.69, 9.17) is 21.1 Å². The Morgan fingerprint density at radius 1 is 1.08 bits per heavy atom. The third-order valence-electron chi connectivity index (χ3n) is 3.50. The molecule has 2 aromatic rings. The van der Waals surface area contributed by atoms with Gasteiger partial charge in [0.2, 0.25) is 0 Å². The molecule has 1 aliphatic rings. The summed E-state index contributed by atoms with van der Waals surface area (Å²) in [6, 6.07) is 12.9. The Morgan fingerprint density at radius 2 is 1.83 bits per heavy atom. The summed E-state index contributed by atoms with van der Waals surface area (Å²) in [6.45, 7) is 0.869. The van der Waals surface area contributed by atoms with Crippen molar-refractivity contribution in [2.24, 2.45) is 0 Å². The molecule has 24 heavy (non-hydrogen) atoms. The molecule has 2 aromatic carbocycles. The van der Waals surface area contributed by atoms with Crippen LogP contribution in [0.1, 0.15) is 11.1 Å². The topological polar surface area (TPSA) is 52.6 Å². The number of rotatable bonds is 5. The molecule has 0 saturated carbocycles. The van der Waals surface area contributed by atoms with Crippen LogP contribution < -0.4 is 9.47 Å². The maximum absolute atomic E-state index is 12.3. The summed E-state index contributed by atoms with van der Waals surface area (Å²) in [7, 11) is -3.29. The summed E-state index contributed by atoms with van der Waals surface area (Å²) in [5.74, 6) is 0.850. The van der Waals surface area contributed by atoms with Gasteiger partial charge >= 0.3 is 0 Å². The molecular weight excluding hydrogens is 348 g/mol. The molecule has 1 aliphatic heterocycles. The van der Waals surface area contributed by atoms with E-state index in [1.165, 1.54) is 0 Å². The van der Waals surface area contributed by atoms with Crippen molar-refractivity contribution in [1.82, 2.24) is 0 Å². The second-order valence-electron chi connectivity index (χ2n) is 5.47. The predicted molar refractivity (Wildman–Crippen MR) is 95.4 cm³/mol. The molecule has 3 rings (SSSR count). The number of benzene rings is 2. The molecule has 0 radical (unpaired) electrons. The van der Waals surface area contributed by atoms with Crippen LogP contribution in [-0.4, -0.2) is 27.4 Å². The number of hydrogen-bond acceptors (Lipinski definition) is 4. The number of sulfone groups is 1. The van der Waals surface area contributed by atoms with Crippen LogP contribution in [0, 0.1) is 0 Å². The standard InChI is InChI=1S/C18H17ClO4S/c19-16-11-15(12-17-18(16)23-9-8-22-17)13-24(20,21)10-4-7-14-5-2-1-3-6-14/h1-7,11-12H,8-10,13H2/b7-4-. The second-order valence-corrected chi connectivity index (χ2v) is 7.99. The second kappa shape index (κ2) is 7.28. The zero-order valence-corrected chi connectivity index (χ0v) is 14.5. The summed E-state index contributed by atoms with van der Waals surface area (Å²) in [6.07, 6.45) is 3.46. The Balaban J connectivity index is 1.70. The number of hydrogen-bond donors (Lipinski definition) is 0. The smallest absolute Gasteiger partial charge is 0.179 e. The number of halogens is 1. The molecule has 4 nitrogen and oxygen atoms in total. The Morgan fingerprint density at radius 3 is 2.62 bits per heavy atom. The first-order chi connectivity index (χ1) is 11.5. The third kappa shape index (κ3) is 4.30. The highest BCUT2D eigenvalue weighted by molar-refractivity contribution is 7.90. The summed E-state index contributed by atoms with van der Waals surface area (Å²) >= 11 is 6.15. The molecular formula is C18H17ClO4S. The van der Waals surface area contributed by atoms with E-state index in [9.17, 15) is 8.42 Å². The lowest BCUT2D eigenvalue weighted by atomic mass is 10.2. The van der Waals surface area contributed by atoms with E-state index >= 15 is 0 Å². The van der Waals surface area contributed by atoms with Crippen molar-refractivity contribution in [3.63, 3.8) is 0 Å². The molecule has 0 amide bonds. The van der Waals surface area contributed by atoms with Gasteiger partial charge in [-0.3, -0.25) is 0 Å². The lowest BCUT2D eigenvalue weighted by Crippen LogP contribution is -2.16. The third-order valence-corrected chi connectivity index (χ3v) is 5.26. The van der Waals surface area contributed by atoms with Crippen LogP contribution in [0.5, 0.6) is 11.5 Å². The molecule has 0 spiro atoms. The van der Waals surface area contributed by atoms with Crippen LogP contribution in [0.15, 0.2) is 48.5 Å². The quantitative estimate of drug-likeness (QED) is 0.811. The molecule has 0 N–H and O–H groups in total. The Labute approximate surface area is 146 Å². The molecule has 0 fully saturated rings. The van der Waals surface area contributed by atoms with Gasteiger partial charge in [-0.2, -0.15) is 0 Å². The SMILES string of the molecule is O=S(=O)(C/C=C\c1ccccc1)Cc1cc(Cl)c2c(c1)OCCO2. The molecule has 0 unspecified atom stereocenters. The monoisotopic (exact) mass is 364 g/mol. The van der Waals surface area contributed by atoms with E-state index in [0.29, 0.717) is 35.3 Å². The van der Waals surface area contributed by atoms with E-state index in [-0.39, 0.29) is 11.5 Å². The highest BCUT2D eigenvalue weighted by Gasteiger charge is 2.19. The average Bonchev–Trinajstić information content (AvgIpc) is 2.55. The number of fused-ring (bicyclic) bond motifs is 1. The largest absolute Gasteiger partial charge is 0.486 e. The predicted octanol–water partition coefficient (Wildman–Crippen LogP) is 3.74. The van der Waals surface area contributed by atoms with Gasteiger partial charge in [-0.1, -0.05) is 54.1 Å². The molecule has 0 bridgehead atoms. The summed E-state index contributed by atoms with van der Waals surface area (Å²) in [5, 5.41) is 0.372. The van der Waals surface area contributed by atoms with Gasteiger partial charge in [0, 0.05) is 0 Å². The summed E-state index contributed by atoms with van der Waals surface area (Å²) < 4.78 is 35.5. The fraction of sp³-hybridized carbons (Fsp3) is 0.222. The normalized spacial score (nSPS) is 14.0. The van der Waals surface area contributed by atoms with Crippen LogP contribution >= 0.6 is 11.6 Å². The first-order valence-corrected chi connectivity index (χ1v) is 9.73. The van der Waals surface area contributed by atoms with Crippen molar-refractivity contribution in [2.75, 3.05) is 19.0 Å². The maximum Gasteiger partial charge on any atom is 0.179 e. The zero-order valence-electron chi connectivity index (χ0n) is 12.9. The first kappa shape index (κ1) is 16.9. The molecule has 6 heteroatoms. The Kier molecular flexibility index (Phi) is 5.11. The van der Waals surface area contributed by atoms with Gasteiger partial charge in [0.15, 0.2) is 21.3 Å². The van der Waals surface area contributed by atoms with E-state index in [2.05, 4.69) is 0 Å². The van der Waals surface area contributed by atoms with Crippen molar-refractivity contribution in [2.45, 2.75) is 5.75 Å². The zero-order chi connectivity index (χ0) is 17.0. The van der Waals surface area contributed by atoms with Crippen molar-refractivity contribution in [3.8, 4) is 11.5 Å². The minimum absolute atomic E-state index is 0.0338. The van der Waals surface area contributed by atoms with Crippen LogP contribution in [0.4, 0.5) is 0 Å². The minimum Gasteiger partial charge on any atom is -0.486 e. The lowest BCUT2D eigenvalue weighted by molar-refractivity contribution is 0.171. The van der Waals surface area contributed by atoms with Crippen LogP contribution in [0.3, 0.4) is 0 Å². The van der Waals surface area contributed by atoms with Gasteiger partial charge in [-0.15, -0.1) is 0 Å². The molecule has 0 saturated heterocycles. The maximum atomic E-state index is 12.3. The van der Waals surface area contributed by atoms with Crippen molar-refractivity contribution in [1.29, 1.82) is 0 Å². The Bertz CT molecular complexity index is 845. The average molecular weight is 365 g/mol. The summed E-state index contributed by atoms with van der Waals surface area (Å²) in [4.78, 5) is 0. The highest BCUT2D eigenvalue weighted by atomic mass is 35.5. The lowest BCUT2D eigenvalue weighted by Gasteiger charge is -2.20. The van der Waals surface area contributed by atoms with Gasteiger partial charge in [0.1, 0.15) is 13.2 Å². The van der Waals surface area contributed by atoms with Crippen molar-refractivity contribution < 1.29 is 17.9 Å². The first-order valence-electron chi connectivity index (χ1n) is 7.53. The van der Waals surface area contributed by atoms with Crippen LogP contribution in [0.25, 0.3) is 6.08 Å². The minimum atomic E-state index is -3.29. The van der Waals surface area contributed by atoms with Gasteiger partial charge in [-0.05, 0) is 23.3 Å². The highest BCUT2D eigenvalue weighted by Crippen LogP contribution is 2.38. The molecule has 0 aromatic heterocycles. The van der Waals surface area contributed by atoms with Crippen LogP contribution in [0.2, 0.25) is 5.02 Å². The molecule has 0 atom stereocenters. The van der Waals surface area contributed by atoms with Gasteiger partial charge in [0.05, 0.1) is 16.5 Å². The molecule has 1 heterocycles. The van der Waals surface area contributed by atoms with Gasteiger partial charge < -0.3 is 9.47 Å². The Hall–Kier alpha value is -1.98. The fourth-order valence-corrected chi connectivity index (χ4v) is 3.93.